The molecule has 0 aliphatic heterocycles. The molecule has 0 aliphatic carbocycles. The van der Waals surface area contributed by atoms with Gasteiger partial charge in [0, 0.05) is 38.0 Å². The van der Waals surface area contributed by atoms with Crippen LogP contribution < -0.4 is 10.6 Å². The number of halogens is 2. The fraction of sp³-hybridized carbons (Fsp3) is 0.429. The summed E-state index contributed by atoms with van der Waals surface area (Å²) < 4.78 is 29.1. The van der Waals surface area contributed by atoms with Crippen LogP contribution in [-0.4, -0.2) is 44.4 Å². The van der Waals surface area contributed by atoms with Crippen LogP contribution in [0.1, 0.15) is 50.1 Å². The second-order valence-electron chi connectivity index (χ2n) is 10.6. The zero-order valence-corrected chi connectivity index (χ0v) is 21.8. The van der Waals surface area contributed by atoms with Crippen LogP contribution in [0.2, 0.25) is 0 Å². The summed E-state index contributed by atoms with van der Waals surface area (Å²) in [5.41, 5.74) is 4.08. The van der Waals surface area contributed by atoms with E-state index in [0.29, 0.717) is 17.8 Å². The van der Waals surface area contributed by atoms with Gasteiger partial charge in [-0.1, -0.05) is 26.8 Å². The van der Waals surface area contributed by atoms with Gasteiger partial charge in [-0.05, 0) is 59.2 Å². The molecule has 0 spiro atoms. The number of aliphatic hydroxyl groups excluding tert-OH is 2. The molecule has 0 saturated heterocycles. The van der Waals surface area contributed by atoms with Crippen molar-refractivity contribution in [3.8, 4) is 5.69 Å². The largest absolute Gasteiger partial charge is 0.390 e. The smallest absolute Gasteiger partial charge is 0.217 e. The van der Waals surface area contributed by atoms with Gasteiger partial charge in [-0.15, -0.1) is 0 Å². The maximum atomic E-state index is 13.6. The number of imidazole rings is 1. The summed E-state index contributed by atoms with van der Waals surface area (Å²) in [5.74, 6) is -1.76. The van der Waals surface area contributed by atoms with E-state index in [1.165, 1.54) is 19.1 Å². The molecule has 3 aromatic rings. The van der Waals surface area contributed by atoms with E-state index in [1.54, 1.807) is 12.5 Å². The molecule has 3 rings (SSSR count). The summed E-state index contributed by atoms with van der Waals surface area (Å²) in [5, 5.41) is 26.2. The highest BCUT2D eigenvalue weighted by Gasteiger charge is 2.22. The highest BCUT2D eigenvalue weighted by atomic mass is 19.1. The molecule has 9 heteroatoms. The molecule has 2 aromatic carbocycles. The number of rotatable bonds is 11. The van der Waals surface area contributed by atoms with E-state index in [0.717, 1.165) is 29.3 Å². The molecule has 200 valence electrons. The van der Waals surface area contributed by atoms with Gasteiger partial charge < -0.3 is 25.4 Å². The van der Waals surface area contributed by atoms with Crippen molar-refractivity contribution in [2.75, 3.05) is 6.54 Å². The zero-order chi connectivity index (χ0) is 27.2. The Morgan fingerprint density at radius 2 is 1.81 bits per heavy atom. The first kappa shape index (κ1) is 28.4. The van der Waals surface area contributed by atoms with Crippen LogP contribution in [-0.2, 0) is 30.8 Å². The Morgan fingerprint density at radius 1 is 1.11 bits per heavy atom. The minimum Gasteiger partial charge on any atom is -0.390 e. The second-order valence-corrected chi connectivity index (χ2v) is 10.6. The van der Waals surface area contributed by atoms with Gasteiger partial charge in [0.1, 0.15) is 11.6 Å². The third-order valence-electron chi connectivity index (χ3n) is 5.91. The van der Waals surface area contributed by atoms with Crippen LogP contribution >= 0.6 is 0 Å². The number of aliphatic hydroxyl groups is 2. The van der Waals surface area contributed by atoms with E-state index in [1.807, 2.05) is 16.7 Å². The van der Waals surface area contributed by atoms with Crippen molar-refractivity contribution < 1.29 is 23.8 Å². The van der Waals surface area contributed by atoms with Crippen molar-refractivity contribution in [3.05, 3.63) is 82.9 Å². The standard InChI is InChI=1S/C28H36F2N4O3/c1-18(36)33-26(9-19-7-22(29)11-23(30)8-19)27(37)14-31-13-21-10-25(34-15-24(16-35)32-17-34)6-5-20(21)12-28(2,3)4/h5-8,10-11,15,17,26-27,31,35,37H,9,12-14,16H2,1-4H3,(H,33,36). The molecule has 0 fully saturated rings. The molecule has 0 radical (unpaired) electrons. The van der Waals surface area contributed by atoms with Crippen molar-refractivity contribution >= 4 is 5.91 Å². The van der Waals surface area contributed by atoms with Gasteiger partial charge in [0.05, 0.1) is 30.8 Å². The van der Waals surface area contributed by atoms with Gasteiger partial charge in [-0.2, -0.15) is 0 Å². The van der Waals surface area contributed by atoms with E-state index in [9.17, 15) is 23.8 Å². The summed E-state index contributed by atoms with van der Waals surface area (Å²) in [7, 11) is 0. The zero-order valence-electron chi connectivity index (χ0n) is 21.8. The first-order chi connectivity index (χ1) is 17.4. The number of nitrogens with one attached hydrogen (secondary N) is 2. The van der Waals surface area contributed by atoms with Crippen LogP contribution in [0.3, 0.4) is 0 Å². The third-order valence-corrected chi connectivity index (χ3v) is 5.91. The number of amides is 1. The summed E-state index contributed by atoms with van der Waals surface area (Å²) in [6, 6.07) is 8.57. The minimum absolute atomic E-state index is 0.0611. The fourth-order valence-electron chi connectivity index (χ4n) is 4.29. The molecule has 0 bridgehead atoms. The second kappa shape index (κ2) is 12.4. The van der Waals surface area contributed by atoms with E-state index in [4.69, 9.17) is 0 Å². The van der Waals surface area contributed by atoms with Crippen molar-refractivity contribution in [1.29, 1.82) is 0 Å². The van der Waals surface area contributed by atoms with E-state index in [2.05, 4.69) is 42.5 Å². The summed E-state index contributed by atoms with van der Waals surface area (Å²) in [6.07, 6.45) is 3.35. The Balaban J connectivity index is 1.74. The Morgan fingerprint density at radius 3 is 2.41 bits per heavy atom. The number of nitrogens with zero attached hydrogens (tertiary/aromatic N) is 2. The number of hydrogen-bond acceptors (Lipinski definition) is 5. The van der Waals surface area contributed by atoms with Crippen LogP contribution in [0.5, 0.6) is 0 Å². The molecule has 0 aliphatic rings. The van der Waals surface area contributed by atoms with Crippen LogP contribution in [0.25, 0.3) is 5.69 Å². The Labute approximate surface area is 216 Å². The van der Waals surface area contributed by atoms with Crippen LogP contribution in [0.15, 0.2) is 48.9 Å². The van der Waals surface area contributed by atoms with Gasteiger partial charge in [-0.3, -0.25) is 4.79 Å². The molecule has 7 nitrogen and oxygen atoms in total. The topological polar surface area (TPSA) is 99.4 Å². The number of carbonyl (C=O) groups is 1. The Kier molecular flexibility index (Phi) is 9.53. The predicted octanol–water partition coefficient (Wildman–Crippen LogP) is 3.43. The summed E-state index contributed by atoms with van der Waals surface area (Å²) in [6.45, 7) is 8.30. The lowest BCUT2D eigenvalue weighted by Crippen LogP contribution is -2.48. The minimum atomic E-state index is -0.995. The molecular formula is C28H36F2N4O3. The van der Waals surface area contributed by atoms with Gasteiger partial charge >= 0.3 is 0 Å². The third kappa shape index (κ3) is 8.73. The van der Waals surface area contributed by atoms with Crippen molar-refractivity contribution in [1.82, 2.24) is 20.2 Å². The molecule has 2 unspecified atom stereocenters. The normalized spacial score (nSPS) is 13.4. The first-order valence-electron chi connectivity index (χ1n) is 12.3. The lowest BCUT2D eigenvalue weighted by Gasteiger charge is -2.25. The molecule has 2 atom stereocenters. The van der Waals surface area contributed by atoms with Crippen molar-refractivity contribution in [2.24, 2.45) is 5.41 Å². The lowest BCUT2D eigenvalue weighted by atomic mass is 9.86. The van der Waals surface area contributed by atoms with Crippen molar-refractivity contribution in [3.63, 3.8) is 0 Å². The molecular weight excluding hydrogens is 478 g/mol. The van der Waals surface area contributed by atoms with Gasteiger partial charge in [0.15, 0.2) is 0 Å². The maximum absolute atomic E-state index is 13.6. The van der Waals surface area contributed by atoms with Gasteiger partial charge in [-0.25, -0.2) is 13.8 Å². The fourth-order valence-corrected chi connectivity index (χ4v) is 4.29. The predicted molar refractivity (Wildman–Crippen MR) is 138 cm³/mol. The van der Waals surface area contributed by atoms with E-state index < -0.39 is 23.8 Å². The molecule has 1 amide bonds. The average molecular weight is 515 g/mol. The molecule has 1 aromatic heterocycles. The summed E-state index contributed by atoms with van der Waals surface area (Å²) >= 11 is 0. The molecule has 0 saturated carbocycles. The maximum Gasteiger partial charge on any atom is 0.217 e. The van der Waals surface area contributed by atoms with E-state index >= 15 is 0 Å². The number of hydrogen-bond donors (Lipinski definition) is 4. The monoisotopic (exact) mass is 514 g/mol. The molecule has 4 N–H and O–H groups in total. The Hall–Kier alpha value is -3.14. The van der Waals surface area contributed by atoms with Crippen LogP contribution in [0.4, 0.5) is 8.78 Å². The van der Waals surface area contributed by atoms with Crippen LogP contribution in [0, 0.1) is 17.0 Å². The quantitative estimate of drug-likeness (QED) is 0.314. The number of carbonyl (C=O) groups excluding carboxylic acids is 1. The molecule has 1 heterocycles. The highest BCUT2D eigenvalue weighted by Crippen LogP contribution is 2.25. The summed E-state index contributed by atoms with van der Waals surface area (Å²) in [4.78, 5) is 15.9. The van der Waals surface area contributed by atoms with E-state index in [-0.39, 0.29) is 30.9 Å². The first-order valence-corrected chi connectivity index (χ1v) is 12.3. The van der Waals surface area contributed by atoms with Gasteiger partial charge in [0.2, 0.25) is 5.91 Å². The molecule has 37 heavy (non-hydrogen) atoms. The number of benzene rings is 2. The lowest BCUT2D eigenvalue weighted by molar-refractivity contribution is -0.120. The average Bonchev–Trinajstić information content (AvgIpc) is 3.27. The number of aromatic nitrogens is 2. The Bertz CT molecular complexity index is 1190. The SMILES string of the molecule is CC(=O)NC(Cc1cc(F)cc(F)c1)C(O)CNCc1cc(-n2cnc(CO)c2)ccc1CC(C)(C)C. The highest BCUT2D eigenvalue weighted by molar-refractivity contribution is 5.73. The van der Waals surface area contributed by atoms with Crippen molar-refractivity contribution in [2.45, 2.75) is 65.8 Å². The van der Waals surface area contributed by atoms with Gasteiger partial charge in [0.25, 0.3) is 0 Å².